The van der Waals surface area contributed by atoms with Crippen molar-refractivity contribution in [2.75, 3.05) is 13.7 Å². The van der Waals surface area contributed by atoms with Gasteiger partial charge in [-0.1, -0.05) is 66.7 Å². The maximum Gasteiger partial charge on any atom is 0.261 e. The average molecular weight is 473 g/mol. The minimum Gasteiger partial charge on any atom is -0.490 e. The largest absolute Gasteiger partial charge is 0.490 e. The molecular weight excluding hydrogens is 444 g/mol. The van der Waals surface area contributed by atoms with Crippen LogP contribution in [0.2, 0.25) is 0 Å². The van der Waals surface area contributed by atoms with Gasteiger partial charge in [-0.2, -0.15) is 5.06 Å². The van der Waals surface area contributed by atoms with E-state index < -0.39 is 18.1 Å². The summed E-state index contributed by atoms with van der Waals surface area (Å²) in [6.45, 7) is 3.03. The zero-order chi connectivity index (χ0) is 24.4. The van der Waals surface area contributed by atoms with E-state index in [-0.39, 0.29) is 18.4 Å². The van der Waals surface area contributed by atoms with Gasteiger partial charge in [-0.3, -0.25) is 19.3 Å². The van der Waals surface area contributed by atoms with E-state index in [2.05, 4.69) is 0 Å². The first-order valence-corrected chi connectivity index (χ1v) is 11.8. The lowest BCUT2D eigenvalue weighted by Gasteiger charge is -2.25. The molecule has 35 heavy (non-hydrogen) atoms. The molecule has 0 saturated carbocycles. The van der Waals surface area contributed by atoms with Crippen molar-refractivity contribution in [3.63, 3.8) is 0 Å². The zero-order valence-electron chi connectivity index (χ0n) is 19.8. The molecule has 5 rings (SSSR count). The summed E-state index contributed by atoms with van der Waals surface area (Å²) in [5, 5.41) is 1.61. The van der Waals surface area contributed by atoms with E-state index in [9.17, 15) is 9.59 Å². The molecule has 0 radical (unpaired) electrons. The quantitative estimate of drug-likeness (QED) is 0.459. The van der Waals surface area contributed by atoms with Crippen molar-refractivity contribution in [3.8, 4) is 11.5 Å². The first-order chi connectivity index (χ1) is 17.1. The number of benzene rings is 3. The van der Waals surface area contributed by atoms with Gasteiger partial charge in [0.05, 0.1) is 25.1 Å². The number of likely N-dealkylation sites (tertiary alicyclic amines) is 1. The molecule has 3 aromatic carbocycles. The summed E-state index contributed by atoms with van der Waals surface area (Å²) < 4.78 is 11.9. The number of hydroxylamine groups is 2. The molecule has 2 heterocycles. The summed E-state index contributed by atoms with van der Waals surface area (Å²) in [6, 6.07) is 24.6. The average Bonchev–Trinajstić information content (AvgIpc) is 3.33. The Morgan fingerprint density at radius 2 is 1.51 bits per heavy atom. The minimum atomic E-state index is -0.828. The Kier molecular flexibility index (Phi) is 6.53. The molecule has 3 atom stereocenters. The van der Waals surface area contributed by atoms with Crippen molar-refractivity contribution in [1.29, 1.82) is 0 Å². The summed E-state index contributed by atoms with van der Waals surface area (Å²) in [5.41, 5.74) is 2.79. The van der Waals surface area contributed by atoms with Crippen molar-refractivity contribution in [3.05, 3.63) is 95.6 Å². The maximum absolute atomic E-state index is 13.4. The monoisotopic (exact) mass is 472 g/mol. The van der Waals surface area contributed by atoms with Gasteiger partial charge in [0.1, 0.15) is 6.61 Å². The molecule has 180 valence electrons. The number of ether oxygens (including phenoxy) is 2. The zero-order valence-corrected chi connectivity index (χ0v) is 19.8. The Morgan fingerprint density at radius 1 is 0.829 bits per heavy atom. The van der Waals surface area contributed by atoms with Crippen molar-refractivity contribution >= 4 is 11.8 Å². The molecule has 7 nitrogen and oxygen atoms in total. The summed E-state index contributed by atoms with van der Waals surface area (Å²) in [5.74, 6) is 0.0705. The molecule has 0 spiro atoms. The van der Waals surface area contributed by atoms with Crippen LogP contribution in [0.25, 0.3) is 0 Å². The van der Waals surface area contributed by atoms with Gasteiger partial charge in [0.2, 0.25) is 5.91 Å². The van der Waals surface area contributed by atoms with E-state index in [1.54, 1.807) is 12.1 Å². The van der Waals surface area contributed by atoms with Crippen molar-refractivity contribution in [1.82, 2.24) is 9.96 Å². The van der Waals surface area contributed by atoms with E-state index in [1.807, 2.05) is 85.8 Å². The molecule has 2 aliphatic rings. The van der Waals surface area contributed by atoms with Crippen LogP contribution >= 0.6 is 0 Å². The van der Waals surface area contributed by atoms with Crippen LogP contribution in [0.4, 0.5) is 0 Å². The third kappa shape index (κ3) is 4.52. The normalized spacial score (nSPS) is 21.9. The number of nitrogens with zero attached hydrogens (tertiary/aromatic N) is 2. The molecule has 2 aliphatic heterocycles. The van der Waals surface area contributed by atoms with Crippen LogP contribution in [0, 0.1) is 5.92 Å². The van der Waals surface area contributed by atoms with Gasteiger partial charge < -0.3 is 9.47 Å². The number of hydrogen-bond donors (Lipinski definition) is 0. The lowest BCUT2D eigenvalue weighted by atomic mass is 9.91. The van der Waals surface area contributed by atoms with E-state index in [4.69, 9.17) is 14.3 Å². The fourth-order valence-electron chi connectivity index (χ4n) is 4.78. The Balaban J connectivity index is 1.39. The van der Waals surface area contributed by atoms with Gasteiger partial charge in [-0.25, -0.2) is 0 Å². The lowest BCUT2D eigenvalue weighted by molar-refractivity contribution is -0.170. The highest BCUT2D eigenvalue weighted by molar-refractivity contribution is 6.07. The molecule has 2 fully saturated rings. The van der Waals surface area contributed by atoms with Gasteiger partial charge in [0.25, 0.3) is 5.91 Å². The predicted molar refractivity (Wildman–Crippen MR) is 129 cm³/mol. The van der Waals surface area contributed by atoms with Gasteiger partial charge in [-0.05, 0) is 35.7 Å². The Hall–Kier alpha value is -3.68. The predicted octanol–water partition coefficient (Wildman–Crippen LogP) is 4.14. The molecule has 0 aliphatic carbocycles. The Labute approximate surface area is 204 Å². The van der Waals surface area contributed by atoms with Gasteiger partial charge in [0.15, 0.2) is 17.6 Å². The van der Waals surface area contributed by atoms with Crippen LogP contribution in [-0.4, -0.2) is 41.5 Å². The highest BCUT2D eigenvalue weighted by atomic mass is 16.7. The molecule has 3 unspecified atom stereocenters. The second-order valence-electron chi connectivity index (χ2n) is 8.70. The van der Waals surface area contributed by atoms with E-state index in [0.717, 1.165) is 16.7 Å². The van der Waals surface area contributed by atoms with Crippen molar-refractivity contribution < 1.29 is 23.9 Å². The lowest BCUT2D eigenvalue weighted by Crippen LogP contribution is -2.35. The van der Waals surface area contributed by atoms with Crippen LogP contribution in [0.1, 0.15) is 29.7 Å². The van der Waals surface area contributed by atoms with Gasteiger partial charge in [0, 0.05) is 7.05 Å². The second kappa shape index (κ2) is 9.90. The fraction of sp³-hybridized carbons (Fsp3) is 0.286. The van der Waals surface area contributed by atoms with Crippen LogP contribution in [-0.2, 0) is 27.6 Å². The summed E-state index contributed by atoms with van der Waals surface area (Å²) in [7, 11) is 1.76. The molecule has 3 aromatic rings. The Bertz CT molecular complexity index is 1200. The van der Waals surface area contributed by atoms with Crippen LogP contribution in [0.3, 0.4) is 0 Å². The van der Waals surface area contributed by atoms with Gasteiger partial charge in [-0.15, -0.1) is 0 Å². The maximum atomic E-state index is 13.4. The molecule has 2 amide bonds. The summed E-state index contributed by atoms with van der Waals surface area (Å²) in [4.78, 5) is 33.7. The number of amides is 2. The van der Waals surface area contributed by atoms with E-state index in [0.29, 0.717) is 24.7 Å². The smallest absolute Gasteiger partial charge is 0.261 e. The van der Waals surface area contributed by atoms with Crippen molar-refractivity contribution in [2.24, 2.45) is 5.92 Å². The third-order valence-corrected chi connectivity index (χ3v) is 6.43. The van der Waals surface area contributed by atoms with Crippen LogP contribution < -0.4 is 9.47 Å². The highest BCUT2D eigenvalue weighted by Crippen LogP contribution is 2.45. The highest BCUT2D eigenvalue weighted by Gasteiger charge is 2.58. The second-order valence-corrected chi connectivity index (χ2v) is 8.70. The summed E-state index contributed by atoms with van der Waals surface area (Å²) in [6.07, 6.45) is -0.828. The first kappa shape index (κ1) is 23.1. The Morgan fingerprint density at radius 3 is 2.20 bits per heavy atom. The van der Waals surface area contributed by atoms with Crippen molar-refractivity contribution in [2.45, 2.75) is 32.2 Å². The number of carbonyl (C=O) groups is 2. The van der Waals surface area contributed by atoms with E-state index >= 15 is 0 Å². The summed E-state index contributed by atoms with van der Waals surface area (Å²) >= 11 is 0. The van der Waals surface area contributed by atoms with Crippen LogP contribution in [0.15, 0.2) is 78.9 Å². The topological polar surface area (TPSA) is 68.3 Å². The SMILES string of the molecule is CCOc1cc(C2C3C(=O)N(Cc4ccccc4)C(=O)C3ON2C)ccc1OCc1ccccc1. The number of hydrogen-bond acceptors (Lipinski definition) is 6. The molecule has 0 aromatic heterocycles. The number of carbonyl (C=O) groups excluding carboxylic acids is 2. The molecular formula is C28H28N2O5. The standard InChI is InChI=1S/C28H28N2O5/c1-3-33-23-16-21(14-15-22(23)34-18-20-12-8-5-9-13-20)25-24-26(35-29(25)2)28(32)30(27(24)31)17-19-10-6-4-7-11-19/h4-16,24-26H,3,17-18H2,1-2H3. The number of rotatable bonds is 8. The number of imide groups is 1. The van der Waals surface area contributed by atoms with Gasteiger partial charge >= 0.3 is 0 Å². The molecule has 2 saturated heterocycles. The fourth-order valence-corrected chi connectivity index (χ4v) is 4.78. The number of fused-ring (bicyclic) bond motifs is 1. The minimum absolute atomic E-state index is 0.222. The van der Waals surface area contributed by atoms with Crippen LogP contribution in [0.5, 0.6) is 11.5 Å². The third-order valence-electron chi connectivity index (χ3n) is 6.43. The van der Waals surface area contributed by atoms with E-state index in [1.165, 1.54) is 4.90 Å². The molecule has 0 bridgehead atoms. The molecule has 7 heteroatoms. The molecule has 0 N–H and O–H groups in total. The first-order valence-electron chi connectivity index (χ1n) is 11.8.